The molecule has 1 rings (SSSR count). The Morgan fingerprint density at radius 3 is 3.11 bits per heavy atom. The van der Waals surface area contributed by atoms with Gasteiger partial charge in [-0.15, -0.1) is 0 Å². The van der Waals surface area contributed by atoms with Gasteiger partial charge in [0, 0.05) is 6.42 Å². The van der Waals surface area contributed by atoms with Gasteiger partial charge in [-0.05, 0) is 0 Å². The number of nitrogens with zero attached hydrogens (tertiary/aromatic N) is 2. The number of rotatable bonds is 2. The van der Waals surface area contributed by atoms with E-state index in [2.05, 4.69) is 16.7 Å². The van der Waals surface area contributed by atoms with Crippen molar-refractivity contribution in [3.8, 4) is 0 Å². The minimum Gasteiger partial charge on any atom is -0.362 e. The maximum atomic E-state index is 5.26. The minimum absolute atomic E-state index is 0.364. The summed E-state index contributed by atoms with van der Waals surface area (Å²) in [5, 5.41) is 3.62. The quantitative estimate of drug-likeness (QED) is 0.568. The van der Waals surface area contributed by atoms with Gasteiger partial charge < -0.3 is 5.73 Å². The summed E-state index contributed by atoms with van der Waals surface area (Å²) in [5.74, 6) is 0.364. The highest BCUT2D eigenvalue weighted by Gasteiger charge is 2.04. The largest absolute Gasteiger partial charge is 0.362 e. The molecule has 0 atom stereocenters. The molecule has 0 saturated heterocycles. The van der Waals surface area contributed by atoms with Crippen molar-refractivity contribution in [3.63, 3.8) is 0 Å². The van der Waals surface area contributed by atoms with Crippen LogP contribution in [-0.4, -0.2) is 5.27 Å². The summed E-state index contributed by atoms with van der Waals surface area (Å²) in [7, 11) is 0. The van der Waals surface area contributed by atoms with E-state index in [4.69, 9.17) is 5.73 Å². The van der Waals surface area contributed by atoms with Crippen molar-refractivity contribution in [1.82, 2.24) is 5.27 Å². The molecule has 9 heavy (non-hydrogen) atoms. The van der Waals surface area contributed by atoms with E-state index in [0.717, 1.165) is 13.0 Å². The van der Waals surface area contributed by atoms with E-state index in [0.29, 0.717) is 5.88 Å². The summed E-state index contributed by atoms with van der Waals surface area (Å²) in [6.07, 6.45) is 2.71. The fourth-order valence-corrected chi connectivity index (χ4v) is 0.628. The first-order valence-electron chi connectivity index (χ1n) is 2.95. The van der Waals surface area contributed by atoms with Crippen molar-refractivity contribution in [2.24, 2.45) is 0 Å². The van der Waals surface area contributed by atoms with E-state index in [1.807, 2.05) is 0 Å². The molecule has 0 amide bonds. The minimum atomic E-state index is 0.364. The molecule has 0 aliphatic carbocycles. The second-order valence-electron chi connectivity index (χ2n) is 1.87. The third-order valence-electron chi connectivity index (χ3n) is 0.980. The van der Waals surface area contributed by atoms with Crippen molar-refractivity contribution in [3.05, 3.63) is 6.20 Å². The SMILES string of the molecule is CCC[n+]1cc(N)on1. The Hall–Kier alpha value is -1.06. The Morgan fingerprint density at radius 1 is 1.89 bits per heavy atom. The highest BCUT2D eigenvalue weighted by Crippen LogP contribution is 1.89. The van der Waals surface area contributed by atoms with Gasteiger partial charge >= 0.3 is 0 Å². The summed E-state index contributed by atoms with van der Waals surface area (Å²) >= 11 is 0. The van der Waals surface area contributed by atoms with Gasteiger partial charge in [0.1, 0.15) is 0 Å². The van der Waals surface area contributed by atoms with E-state index in [-0.39, 0.29) is 0 Å². The van der Waals surface area contributed by atoms with Crippen molar-refractivity contribution in [1.29, 1.82) is 0 Å². The zero-order valence-electron chi connectivity index (χ0n) is 5.37. The monoisotopic (exact) mass is 128 g/mol. The molecule has 0 aliphatic heterocycles. The number of nitrogen functional groups attached to an aromatic ring is 1. The van der Waals surface area contributed by atoms with Crippen LogP contribution < -0.4 is 10.4 Å². The Balaban J connectivity index is 2.61. The molecule has 0 radical (unpaired) electrons. The second kappa shape index (κ2) is 2.48. The predicted octanol–water partition coefficient (Wildman–Crippen LogP) is -0.0457. The van der Waals surface area contributed by atoms with Crippen LogP contribution in [0.2, 0.25) is 0 Å². The Kier molecular flexibility index (Phi) is 1.67. The summed E-state index contributed by atoms with van der Waals surface area (Å²) in [4.78, 5) is 0. The van der Waals surface area contributed by atoms with Crippen LogP contribution in [0.25, 0.3) is 0 Å². The lowest BCUT2D eigenvalue weighted by Gasteiger charge is -1.76. The van der Waals surface area contributed by atoms with E-state index in [1.165, 1.54) is 0 Å². The van der Waals surface area contributed by atoms with Crippen LogP contribution in [0.1, 0.15) is 13.3 Å². The van der Waals surface area contributed by atoms with E-state index in [9.17, 15) is 0 Å². The van der Waals surface area contributed by atoms with Gasteiger partial charge in [-0.3, -0.25) is 4.52 Å². The van der Waals surface area contributed by atoms with E-state index in [1.54, 1.807) is 10.9 Å². The first-order chi connectivity index (χ1) is 4.33. The molecule has 0 aliphatic rings. The fraction of sp³-hybridized carbons (Fsp3) is 0.600. The molecule has 4 nitrogen and oxygen atoms in total. The third kappa shape index (κ3) is 1.42. The Labute approximate surface area is 53.2 Å². The fourth-order valence-electron chi connectivity index (χ4n) is 0.628. The molecule has 0 spiro atoms. The molecular formula is C5H10N3O+. The van der Waals surface area contributed by atoms with E-state index < -0.39 is 0 Å². The van der Waals surface area contributed by atoms with Gasteiger partial charge in [-0.25, -0.2) is 0 Å². The molecule has 50 valence electrons. The second-order valence-corrected chi connectivity index (χ2v) is 1.87. The number of nitrogens with two attached hydrogens (primary N) is 1. The van der Waals surface area contributed by atoms with Gasteiger partial charge in [-0.1, -0.05) is 11.6 Å². The maximum absolute atomic E-state index is 5.26. The number of aryl methyl sites for hydroxylation is 1. The van der Waals surface area contributed by atoms with Crippen molar-refractivity contribution in [2.75, 3.05) is 5.73 Å². The zero-order valence-corrected chi connectivity index (χ0v) is 5.37. The van der Waals surface area contributed by atoms with Crippen LogP contribution in [0, 0.1) is 0 Å². The van der Waals surface area contributed by atoms with Gasteiger partial charge in [0.25, 0.3) is 12.1 Å². The Morgan fingerprint density at radius 2 is 2.67 bits per heavy atom. The average Bonchev–Trinajstić information content (AvgIpc) is 2.17. The molecule has 0 aromatic carbocycles. The normalized spacial score (nSPS) is 9.89. The number of hydrogen-bond acceptors (Lipinski definition) is 3. The lowest BCUT2D eigenvalue weighted by Crippen LogP contribution is -2.34. The van der Waals surface area contributed by atoms with Crippen molar-refractivity contribution >= 4 is 5.88 Å². The molecule has 2 N–H and O–H groups in total. The van der Waals surface area contributed by atoms with Crippen LogP contribution >= 0.6 is 0 Å². The molecule has 0 saturated carbocycles. The molecule has 0 fully saturated rings. The lowest BCUT2D eigenvalue weighted by molar-refractivity contribution is -0.762. The predicted molar refractivity (Wildman–Crippen MR) is 31.4 cm³/mol. The maximum Gasteiger partial charge on any atom is 0.293 e. The van der Waals surface area contributed by atoms with Gasteiger partial charge in [-0.2, -0.15) is 0 Å². The first kappa shape index (κ1) is 6.07. The van der Waals surface area contributed by atoms with Crippen LogP contribution in [0.3, 0.4) is 0 Å². The van der Waals surface area contributed by atoms with Gasteiger partial charge in [0.15, 0.2) is 6.54 Å². The lowest BCUT2D eigenvalue weighted by atomic mass is 10.5. The number of hydrogen-bond donors (Lipinski definition) is 1. The number of anilines is 1. The number of aromatic nitrogens is 2. The first-order valence-corrected chi connectivity index (χ1v) is 2.95. The van der Waals surface area contributed by atoms with Crippen molar-refractivity contribution < 1.29 is 9.20 Å². The average molecular weight is 128 g/mol. The summed E-state index contributed by atoms with van der Waals surface area (Å²) in [6.45, 7) is 2.93. The van der Waals surface area contributed by atoms with Gasteiger partial charge in [0.05, 0.1) is 0 Å². The smallest absolute Gasteiger partial charge is 0.293 e. The van der Waals surface area contributed by atoms with Crippen LogP contribution in [0.5, 0.6) is 0 Å². The highest BCUT2D eigenvalue weighted by molar-refractivity contribution is 5.11. The molecule has 0 unspecified atom stereocenters. The van der Waals surface area contributed by atoms with E-state index >= 15 is 0 Å². The van der Waals surface area contributed by atoms with Crippen LogP contribution in [-0.2, 0) is 6.54 Å². The molecule has 1 heterocycles. The van der Waals surface area contributed by atoms with Gasteiger partial charge in [0.2, 0.25) is 5.27 Å². The summed E-state index contributed by atoms with van der Waals surface area (Å²) in [5.41, 5.74) is 5.26. The highest BCUT2D eigenvalue weighted by atomic mass is 16.5. The van der Waals surface area contributed by atoms with Crippen LogP contribution in [0.4, 0.5) is 5.88 Å². The molecule has 0 bridgehead atoms. The molecule has 4 heteroatoms. The molecule has 1 aromatic heterocycles. The van der Waals surface area contributed by atoms with Crippen molar-refractivity contribution in [2.45, 2.75) is 19.9 Å². The summed E-state index contributed by atoms with van der Waals surface area (Å²) < 4.78 is 6.28. The standard InChI is InChI=1S/C5H10N3O/c1-2-3-8-4-5(6)9-7-8/h4H,2-3,6H2,1H3/q+1. The third-order valence-corrected chi connectivity index (χ3v) is 0.980. The molecule has 1 aromatic rings. The topological polar surface area (TPSA) is 55.9 Å². The molecular weight excluding hydrogens is 118 g/mol. The zero-order chi connectivity index (χ0) is 6.69. The van der Waals surface area contributed by atoms with Crippen LogP contribution in [0.15, 0.2) is 10.7 Å². The summed E-state index contributed by atoms with van der Waals surface area (Å²) in [6, 6.07) is 0. The Bertz CT molecular complexity index is 184.